The Bertz CT molecular complexity index is 497. The van der Waals surface area contributed by atoms with Crippen LogP contribution in [0.3, 0.4) is 0 Å². The second kappa shape index (κ2) is 5.80. The van der Waals surface area contributed by atoms with Crippen molar-refractivity contribution in [1.82, 2.24) is 9.71 Å². The lowest BCUT2D eigenvalue weighted by atomic mass is 10.5. The van der Waals surface area contributed by atoms with Crippen LogP contribution in [0, 0.1) is 0 Å². The lowest BCUT2D eigenvalue weighted by Gasteiger charge is -2.09. The van der Waals surface area contributed by atoms with Gasteiger partial charge in [-0.25, -0.2) is 22.9 Å². The maximum atomic E-state index is 11.8. The largest absolute Gasteiger partial charge is 0.476 e. The van der Waals surface area contributed by atoms with Gasteiger partial charge in [0.15, 0.2) is 9.90 Å². The number of sulfonamides is 1. The molecule has 17 heavy (non-hydrogen) atoms. The average molecular weight is 296 g/mol. The van der Waals surface area contributed by atoms with Gasteiger partial charge >= 0.3 is 5.97 Å². The standard InChI is InChI=1S/C8H12N2O4S3/c1-5(15-2)3-10-17(13,14)8-6(7(11)12)9-4-16-8/h4-5,10H,3H2,1-2H3,(H,11,12). The number of carboxylic acids is 1. The maximum Gasteiger partial charge on any atom is 0.356 e. The molecule has 0 aliphatic carbocycles. The normalized spacial score (nSPS) is 13.5. The molecule has 0 radical (unpaired) electrons. The van der Waals surface area contributed by atoms with Gasteiger partial charge in [-0.05, 0) is 6.26 Å². The Morgan fingerprint density at radius 2 is 2.35 bits per heavy atom. The number of thiazole rings is 1. The fourth-order valence-electron chi connectivity index (χ4n) is 0.945. The van der Waals surface area contributed by atoms with E-state index >= 15 is 0 Å². The molecule has 0 amide bonds. The highest BCUT2D eigenvalue weighted by molar-refractivity contribution is 7.99. The number of carboxylic acid groups (broad SMARTS) is 1. The predicted octanol–water partition coefficient (Wildman–Crippen LogP) is 0.871. The van der Waals surface area contributed by atoms with Gasteiger partial charge in [-0.1, -0.05) is 6.92 Å². The first-order valence-corrected chi connectivity index (χ1v) is 8.22. The lowest BCUT2D eigenvalue weighted by Crippen LogP contribution is -2.30. The summed E-state index contributed by atoms with van der Waals surface area (Å²) in [6, 6.07) is 0. The molecule has 0 spiro atoms. The van der Waals surface area contributed by atoms with Gasteiger partial charge in [-0.3, -0.25) is 0 Å². The van der Waals surface area contributed by atoms with Crippen molar-refractivity contribution >= 4 is 39.1 Å². The Kier molecular flexibility index (Phi) is 4.92. The summed E-state index contributed by atoms with van der Waals surface area (Å²) in [5.74, 6) is -1.34. The summed E-state index contributed by atoms with van der Waals surface area (Å²) in [4.78, 5) is 14.3. The zero-order valence-corrected chi connectivity index (χ0v) is 11.7. The van der Waals surface area contributed by atoms with Crippen molar-refractivity contribution in [2.24, 2.45) is 0 Å². The van der Waals surface area contributed by atoms with Gasteiger partial charge in [0.05, 0.1) is 5.51 Å². The van der Waals surface area contributed by atoms with Crippen molar-refractivity contribution in [2.45, 2.75) is 16.4 Å². The highest BCUT2D eigenvalue weighted by Gasteiger charge is 2.25. The number of nitrogens with one attached hydrogen (secondary N) is 1. The number of carbonyl (C=O) groups is 1. The Morgan fingerprint density at radius 3 is 2.88 bits per heavy atom. The SMILES string of the molecule is CSC(C)CNS(=O)(=O)c1scnc1C(=O)O. The summed E-state index contributed by atoms with van der Waals surface area (Å²) in [6.45, 7) is 2.12. The van der Waals surface area contributed by atoms with Crippen molar-refractivity contribution in [3.05, 3.63) is 11.2 Å². The van der Waals surface area contributed by atoms with E-state index in [9.17, 15) is 13.2 Å². The predicted molar refractivity (Wildman–Crippen MR) is 67.2 cm³/mol. The highest BCUT2D eigenvalue weighted by atomic mass is 32.2. The number of aromatic nitrogens is 1. The van der Waals surface area contributed by atoms with Crippen molar-refractivity contribution in [3.8, 4) is 0 Å². The topological polar surface area (TPSA) is 96.4 Å². The van der Waals surface area contributed by atoms with E-state index in [1.165, 1.54) is 17.3 Å². The van der Waals surface area contributed by atoms with E-state index in [1.54, 1.807) is 0 Å². The molecule has 0 saturated carbocycles. The minimum atomic E-state index is -3.79. The van der Waals surface area contributed by atoms with Crippen molar-refractivity contribution in [3.63, 3.8) is 0 Å². The first kappa shape index (κ1) is 14.4. The van der Waals surface area contributed by atoms with Gasteiger partial charge in [0, 0.05) is 11.8 Å². The Balaban J connectivity index is 2.90. The first-order valence-electron chi connectivity index (χ1n) is 4.57. The number of nitrogens with zero attached hydrogens (tertiary/aromatic N) is 1. The van der Waals surface area contributed by atoms with Crippen LogP contribution in [0.2, 0.25) is 0 Å². The van der Waals surface area contributed by atoms with E-state index in [1.807, 2.05) is 13.2 Å². The molecule has 9 heteroatoms. The quantitative estimate of drug-likeness (QED) is 0.808. The Morgan fingerprint density at radius 1 is 1.71 bits per heavy atom. The van der Waals surface area contributed by atoms with E-state index < -0.39 is 21.7 Å². The van der Waals surface area contributed by atoms with E-state index in [4.69, 9.17) is 5.11 Å². The molecule has 0 aromatic carbocycles. The molecule has 1 aromatic heterocycles. The van der Waals surface area contributed by atoms with Crippen LogP contribution in [-0.4, -0.2) is 42.5 Å². The van der Waals surface area contributed by atoms with Gasteiger partial charge in [0.1, 0.15) is 0 Å². The van der Waals surface area contributed by atoms with Crippen LogP contribution >= 0.6 is 23.1 Å². The van der Waals surface area contributed by atoms with Gasteiger partial charge in [-0.2, -0.15) is 11.8 Å². The number of rotatable bonds is 6. The van der Waals surface area contributed by atoms with E-state index in [-0.39, 0.29) is 16.0 Å². The third kappa shape index (κ3) is 3.66. The molecule has 0 aliphatic heterocycles. The number of hydrogen-bond donors (Lipinski definition) is 2. The molecule has 96 valence electrons. The van der Waals surface area contributed by atoms with Gasteiger partial charge in [0.25, 0.3) is 10.0 Å². The fourth-order valence-corrected chi connectivity index (χ4v) is 3.61. The summed E-state index contributed by atoms with van der Waals surface area (Å²) in [6.07, 6.45) is 1.87. The van der Waals surface area contributed by atoms with Crippen LogP contribution in [0.4, 0.5) is 0 Å². The fraction of sp³-hybridized carbons (Fsp3) is 0.500. The minimum absolute atomic E-state index is 0.117. The first-order chi connectivity index (χ1) is 7.88. The van der Waals surface area contributed by atoms with E-state index in [0.717, 1.165) is 11.3 Å². The zero-order chi connectivity index (χ0) is 13.1. The summed E-state index contributed by atoms with van der Waals surface area (Å²) < 4.78 is 25.8. The molecular formula is C8H12N2O4S3. The molecule has 1 atom stereocenters. The third-order valence-electron chi connectivity index (χ3n) is 1.94. The highest BCUT2D eigenvalue weighted by Crippen LogP contribution is 2.20. The second-order valence-corrected chi connectivity index (χ2v) is 7.28. The van der Waals surface area contributed by atoms with Gasteiger partial charge < -0.3 is 5.11 Å². The Labute approximate surface area is 108 Å². The molecule has 6 nitrogen and oxygen atoms in total. The van der Waals surface area contributed by atoms with Crippen LogP contribution in [0.25, 0.3) is 0 Å². The maximum absolute atomic E-state index is 11.8. The Hall–Kier alpha value is -0.640. The number of hydrogen-bond acceptors (Lipinski definition) is 6. The molecule has 0 aliphatic rings. The smallest absolute Gasteiger partial charge is 0.356 e. The number of aromatic carboxylic acids is 1. The molecule has 1 heterocycles. The molecule has 1 rings (SSSR count). The monoisotopic (exact) mass is 296 g/mol. The van der Waals surface area contributed by atoms with Crippen LogP contribution in [0.5, 0.6) is 0 Å². The van der Waals surface area contributed by atoms with Gasteiger partial charge in [0.2, 0.25) is 0 Å². The molecule has 1 unspecified atom stereocenters. The number of thioether (sulfide) groups is 1. The van der Waals surface area contributed by atoms with Crippen LogP contribution in [-0.2, 0) is 10.0 Å². The van der Waals surface area contributed by atoms with Crippen molar-refractivity contribution in [1.29, 1.82) is 0 Å². The summed E-state index contributed by atoms with van der Waals surface area (Å²) in [5.41, 5.74) is 0.773. The van der Waals surface area contributed by atoms with Crippen molar-refractivity contribution < 1.29 is 18.3 Å². The van der Waals surface area contributed by atoms with Crippen molar-refractivity contribution in [2.75, 3.05) is 12.8 Å². The van der Waals surface area contributed by atoms with Crippen LogP contribution in [0.15, 0.2) is 9.72 Å². The van der Waals surface area contributed by atoms with E-state index in [2.05, 4.69) is 9.71 Å². The second-order valence-electron chi connectivity index (χ2n) is 3.19. The molecule has 1 aromatic rings. The van der Waals surface area contributed by atoms with Crippen LogP contribution in [0.1, 0.15) is 17.4 Å². The molecule has 0 fully saturated rings. The van der Waals surface area contributed by atoms with Crippen LogP contribution < -0.4 is 4.72 Å². The zero-order valence-electron chi connectivity index (χ0n) is 9.21. The minimum Gasteiger partial charge on any atom is -0.476 e. The average Bonchev–Trinajstić information content (AvgIpc) is 2.75. The summed E-state index contributed by atoms with van der Waals surface area (Å²) in [7, 11) is -3.79. The molecule has 2 N–H and O–H groups in total. The lowest BCUT2D eigenvalue weighted by molar-refractivity contribution is 0.0687. The van der Waals surface area contributed by atoms with E-state index in [0.29, 0.717) is 0 Å². The molecule has 0 saturated heterocycles. The third-order valence-corrected chi connectivity index (χ3v) is 5.71. The summed E-state index contributed by atoms with van der Waals surface area (Å²) in [5, 5.41) is 8.91. The molecular weight excluding hydrogens is 284 g/mol. The summed E-state index contributed by atoms with van der Waals surface area (Å²) >= 11 is 2.31. The van der Waals surface area contributed by atoms with Gasteiger partial charge in [-0.15, -0.1) is 11.3 Å². The molecule has 0 bridgehead atoms.